The maximum Gasteiger partial charge on any atom is 0.137 e. The molecule has 2 atom stereocenters. The Morgan fingerprint density at radius 2 is 2.06 bits per heavy atom. The van der Waals surface area contributed by atoms with Crippen molar-refractivity contribution in [1.29, 1.82) is 0 Å². The third-order valence-corrected chi connectivity index (χ3v) is 4.53. The molecule has 0 aromatic rings. The Hall–Kier alpha value is -0.370. The largest absolute Gasteiger partial charge is 0.300 e. The topological polar surface area (TPSA) is 20.3 Å². The number of unbranched alkanes of at least 4 members (excludes halogenated alkanes) is 2. The number of nitrogens with zero attached hydrogens (tertiary/aromatic N) is 1. The minimum Gasteiger partial charge on any atom is -0.300 e. The first-order valence-electron chi connectivity index (χ1n) is 7.59. The Bertz CT molecular complexity index is 251. The lowest BCUT2D eigenvalue weighted by Crippen LogP contribution is -2.45. The molecule has 0 radical (unpaired) electrons. The van der Waals surface area contributed by atoms with E-state index in [1.165, 1.54) is 51.6 Å². The van der Waals surface area contributed by atoms with Crippen LogP contribution in [0.25, 0.3) is 0 Å². The van der Waals surface area contributed by atoms with Gasteiger partial charge >= 0.3 is 0 Å². The highest BCUT2D eigenvalue weighted by molar-refractivity contribution is 5.83. The first-order chi connectivity index (χ1) is 8.33. The Kier molecular flexibility index (Phi) is 5.02. The van der Waals surface area contributed by atoms with Gasteiger partial charge in [-0.25, -0.2) is 0 Å². The molecule has 98 valence electrons. The molecule has 2 nitrogen and oxygen atoms in total. The van der Waals surface area contributed by atoms with Gasteiger partial charge in [0.2, 0.25) is 0 Å². The van der Waals surface area contributed by atoms with Crippen molar-refractivity contribution in [3.8, 4) is 0 Å². The average Bonchev–Trinajstić information content (AvgIpc) is 2.76. The summed E-state index contributed by atoms with van der Waals surface area (Å²) in [6.07, 6.45) is 11.0. The van der Waals surface area contributed by atoms with Crippen LogP contribution in [0, 0.1) is 5.92 Å². The van der Waals surface area contributed by atoms with Crippen molar-refractivity contribution in [3.05, 3.63) is 0 Å². The fourth-order valence-electron chi connectivity index (χ4n) is 3.56. The average molecular weight is 237 g/mol. The molecule has 0 amide bonds. The number of carbonyl (C=O) groups is 1. The zero-order valence-electron chi connectivity index (χ0n) is 11.3. The zero-order chi connectivity index (χ0) is 12.1. The van der Waals surface area contributed by atoms with Crippen LogP contribution in [-0.4, -0.2) is 29.8 Å². The molecule has 0 bridgehead atoms. The molecule has 1 heterocycles. The Morgan fingerprint density at radius 1 is 1.18 bits per heavy atom. The summed E-state index contributed by atoms with van der Waals surface area (Å²) < 4.78 is 0. The predicted molar refractivity (Wildman–Crippen MR) is 71.1 cm³/mol. The van der Waals surface area contributed by atoms with Gasteiger partial charge in [-0.05, 0) is 45.2 Å². The number of rotatable bonds is 5. The molecule has 1 aliphatic carbocycles. The van der Waals surface area contributed by atoms with Crippen LogP contribution in [-0.2, 0) is 4.79 Å². The molecule has 2 unspecified atom stereocenters. The van der Waals surface area contributed by atoms with Crippen LogP contribution in [0.15, 0.2) is 0 Å². The van der Waals surface area contributed by atoms with Crippen molar-refractivity contribution in [1.82, 2.24) is 4.90 Å². The SMILES string of the molecule is CCCCCN1CCCCC1C1CCCC1=O. The normalized spacial score (nSPS) is 31.0. The Labute approximate surface area is 106 Å². The highest BCUT2D eigenvalue weighted by Gasteiger charge is 2.36. The summed E-state index contributed by atoms with van der Waals surface area (Å²) in [5, 5.41) is 0. The monoisotopic (exact) mass is 237 g/mol. The standard InChI is InChI=1S/C15H27NO/c1-2-3-5-11-16-12-6-4-9-14(16)13-8-7-10-15(13)17/h13-14H,2-12H2,1H3. The molecule has 1 aliphatic heterocycles. The zero-order valence-corrected chi connectivity index (χ0v) is 11.3. The van der Waals surface area contributed by atoms with E-state index in [0.717, 1.165) is 19.3 Å². The number of likely N-dealkylation sites (tertiary alicyclic amines) is 1. The summed E-state index contributed by atoms with van der Waals surface area (Å²) in [7, 11) is 0. The minimum atomic E-state index is 0.386. The first-order valence-corrected chi connectivity index (χ1v) is 7.59. The van der Waals surface area contributed by atoms with E-state index in [4.69, 9.17) is 0 Å². The van der Waals surface area contributed by atoms with Crippen LogP contribution in [0.5, 0.6) is 0 Å². The molecule has 1 saturated carbocycles. The summed E-state index contributed by atoms with van der Waals surface area (Å²) in [6.45, 7) is 4.72. The van der Waals surface area contributed by atoms with E-state index in [1.54, 1.807) is 0 Å². The van der Waals surface area contributed by atoms with E-state index in [-0.39, 0.29) is 0 Å². The molecule has 0 N–H and O–H groups in total. The van der Waals surface area contributed by atoms with Crippen molar-refractivity contribution in [2.75, 3.05) is 13.1 Å². The second-order valence-electron chi connectivity index (χ2n) is 5.77. The molecular weight excluding hydrogens is 210 g/mol. The van der Waals surface area contributed by atoms with Gasteiger partial charge in [0, 0.05) is 18.4 Å². The lowest BCUT2D eigenvalue weighted by atomic mass is 9.88. The lowest BCUT2D eigenvalue weighted by molar-refractivity contribution is -0.123. The summed E-state index contributed by atoms with van der Waals surface area (Å²) in [5.41, 5.74) is 0. The fourth-order valence-corrected chi connectivity index (χ4v) is 3.56. The molecule has 0 spiro atoms. The molecule has 2 aliphatic rings. The van der Waals surface area contributed by atoms with Gasteiger partial charge in [0.15, 0.2) is 0 Å². The van der Waals surface area contributed by atoms with Gasteiger partial charge in [-0.2, -0.15) is 0 Å². The number of hydrogen-bond donors (Lipinski definition) is 0. The van der Waals surface area contributed by atoms with E-state index in [2.05, 4.69) is 11.8 Å². The summed E-state index contributed by atoms with van der Waals surface area (Å²) in [5.74, 6) is 0.939. The van der Waals surface area contributed by atoms with Gasteiger partial charge in [-0.15, -0.1) is 0 Å². The van der Waals surface area contributed by atoms with Gasteiger partial charge in [0.25, 0.3) is 0 Å². The maximum absolute atomic E-state index is 11.9. The fraction of sp³-hybridized carbons (Fsp3) is 0.933. The molecular formula is C15H27NO. The number of Topliss-reactive ketones (excluding diaryl/α,β-unsaturated/α-hetero) is 1. The van der Waals surface area contributed by atoms with Gasteiger partial charge in [0.1, 0.15) is 5.78 Å². The van der Waals surface area contributed by atoms with E-state index >= 15 is 0 Å². The molecule has 0 aromatic heterocycles. The highest BCUT2D eigenvalue weighted by Crippen LogP contribution is 2.32. The third-order valence-electron chi connectivity index (χ3n) is 4.53. The van der Waals surface area contributed by atoms with Crippen molar-refractivity contribution in [2.45, 2.75) is 70.8 Å². The minimum absolute atomic E-state index is 0.386. The molecule has 1 saturated heterocycles. The van der Waals surface area contributed by atoms with Gasteiger partial charge in [0.05, 0.1) is 0 Å². The second kappa shape index (κ2) is 6.53. The van der Waals surface area contributed by atoms with Gasteiger partial charge in [-0.3, -0.25) is 9.69 Å². The van der Waals surface area contributed by atoms with E-state index in [0.29, 0.717) is 17.7 Å². The van der Waals surface area contributed by atoms with Crippen LogP contribution in [0.2, 0.25) is 0 Å². The van der Waals surface area contributed by atoms with Crippen LogP contribution in [0.4, 0.5) is 0 Å². The van der Waals surface area contributed by atoms with Gasteiger partial charge in [-0.1, -0.05) is 26.2 Å². The highest BCUT2D eigenvalue weighted by atomic mass is 16.1. The third kappa shape index (κ3) is 3.31. The molecule has 2 rings (SSSR count). The summed E-state index contributed by atoms with van der Waals surface area (Å²) in [4.78, 5) is 14.6. The van der Waals surface area contributed by atoms with Crippen molar-refractivity contribution < 1.29 is 4.79 Å². The molecule has 2 heteroatoms. The molecule has 0 aromatic carbocycles. The van der Waals surface area contributed by atoms with Crippen LogP contribution in [0.1, 0.15) is 64.7 Å². The summed E-state index contributed by atoms with van der Waals surface area (Å²) >= 11 is 0. The van der Waals surface area contributed by atoms with Crippen molar-refractivity contribution in [3.63, 3.8) is 0 Å². The lowest BCUT2D eigenvalue weighted by Gasteiger charge is -2.38. The van der Waals surface area contributed by atoms with Crippen LogP contribution < -0.4 is 0 Å². The van der Waals surface area contributed by atoms with Crippen LogP contribution in [0.3, 0.4) is 0 Å². The quantitative estimate of drug-likeness (QED) is 0.683. The molecule has 17 heavy (non-hydrogen) atoms. The first kappa shape index (κ1) is 13.1. The number of piperidine rings is 1. The predicted octanol–water partition coefficient (Wildman–Crippen LogP) is 3.40. The summed E-state index contributed by atoms with van der Waals surface area (Å²) in [6, 6.07) is 0.593. The second-order valence-corrected chi connectivity index (χ2v) is 5.77. The maximum atomic E-state index is 11.9. The number of ketones is 1. The molecule has 2 fully saturated rings. The van der Waals surface area contributed by atoms with E-state index in [9.17, 15) is 4.79 Å². The Morgan fingerprint density at radius 3 is 2.76 bits per heavy atom. The van der Waals surface area contributed by atoms with Gasteiger partial charge < -0.3 is 0 Å². The smallest absolute Gasteiger partial charge is 0.137 e. The van der Waals surface area contributed by atoms with E-state index < -0.39 is 0 Å². The number of carbonyl (C=O) groups excluding carboxylic acids is 1. The van der Waals surface area contributed by atoms with E-state index in [1.807, 2.05) is 0 Å². The van der Waals surface area contributed by atoms with Crippen molar-refractivity contribution in [2.24, 2.45) is 5.92 Å². The van der Waals surface area contributed by atoms with Crippen molar-refractivity contribution >= 4 is 5.78 Å². The van der Waals surface area contributed by atoms with Crippen LogP contribution >= 0.6 is 0 Å². The number of hydrogen-bond acceptors (Lipinski definition) is 2. The Balaban J connectivity index is 1.89.